The molecule has 5 nitrogen and oxygen atoms in total. The van der Waals surface area contributed by atoms with Gasteiger partial charge >= 0.3 is 0 Å². The van der Waals surface area contributed by atoms with Crippen molar-refractivity contribution in [2.45, 2.75) is 17.5 Å². The largest absolute Gasteiger partial charge is 0.390 e. The van der Waals surface area contributed by atoms with Gasteiger partial charge in [-0.15, -0.1) is 0 Å². The molecule has 0 bridgehead atoms. The number of rotatable bonds is 4. The van der Waals surface area contributed by atoms with Crippen LogP contribution in [0.1, 0.15) is 11.3 Å². The fraction of sp³-hybridized carbons (Fsp3) is 0.250. The van der Waals surface area contributed by atoms with Crippen molar-refractivity contribution >= 4 is 9.84 Å². The van der Waals surface area contributed by atoms with Crippen molar-refractivity contribution in [3.8, 4) is 0 Å². The lowest BCUT2D eigenvalue weighted by molar-refractivity contribution is 0.271. The molecule has 7 heteroatoms. The lowest BCUT2D eigenvalue weighted by atomic mass is 10.2. The highest BCUT2D eigenvalue weighted by molar-refractivity contribution is 7.90. The van der Waals surface area contributed by atoms with Crippen LogP contribution >= 0.6 is 0 Å². The van der Waals surface area contributed by atoms with Crippen LogP contribution in [-0.2, 0) is 29.2 Å². The van der Waals surface area contributed by atoms with Gasteiger partial charge in [-0.3, -0.25) is 0 Å². The first-order valence-electron chi connectivity index (χ1n) is 5.52. The highest BCUT2D eigenvalue weighted by Gasteiger charge is 2.22. The Morgan fingerprint density at radius 3 is 2.74 bits per heavy atom. The first-order chi connectivity index (χ1) is 8.94. The zero-order valence-electron chi connectivity index (χ0n) is 10.2. The van der Waals surface area contributed by atoms with E-state index in [0.717, 1.165) is 0 Å². The maximum atomic E-state index is 13.0. The van der Waals surface area contributed by atoms with E-state index in [1.165, 1.54) is 42.1 Å². The van der Waals surface area contributed by atoms with Gasteiger partial charge in [0.05, 0.1) is 24.3 Å². The Labute approximate surface area is 110 Å². The molecule has 0 unspecified atom stereocenters. The molecule has 0 atom stereocenters. The maximum absolute atomic E-state index is 13.0. The first-order valence-corrected chi connectivity index (χ1v) is 7.18. The van der Waals surface area contributed by atoms with Crippen LogP contribution in [0.5, 0.6) is 0 Å². The summed E-state index contributed by atoms with van der Waals surface area (Å²) in [7, 11) is -2.17. The van der Waals surface area contributed by atoms with Crippen LogP contribution in [0.25, 0.3) is 0 Å². The third kappa shape index (κ3) is 2.82. The van der Waals surface area contributed by atoms with Gasteiger partial charge in [0.1, 0.15) is 5.82 Å². The van der Waals surface area contributed by atoms with Crippen LogP contribution in [0.3, 0.4) is 0 Å². The standard InChI is InChI=1S/C12H13FN2O3S/c1-15-11(7-16)6-14-12(15)19(17,18)8-9-3-2-4-10(13)5-9/h2-6,16H,7-8H2,1H3. The molecule has 0 saturated carbocycles. The van der Waals surface area contributed by atoms with E-state index in [0.29, 0.717) is 11.3 Å². The van der Waals surface area contributed by atoms with Crippen LogP contribution in [0.15, 0.2) is 35.6 Å². The van der Waals surface area contributed by atoms with Gasteiger partial charge in [0.15, 0.2) is 0 Å². The Kier molecular flexibility index (Phi) is 3.68. The van der Waals surface area contributed by atoms with Crippen LogP contribution in [0.4, 0.5) is 4.39 Å². The molecule has 1 aromatic heterocycles. The summed E-state index contributed by atoms with van der Waals surface area (Å²) in [6, 6.07) is 5.42. The molecule has 0 radical (unpaired) electrons. The van der Waals surface area contributed by atoms with Crippen LogP contribution in [0, 0.1) is 5.82 Å². The van der Waals surface area contributed by atoms with Crippen molar-refractivity contribution < 1.29 is 17.9 Å². The van der Waals surface area contributed by atoms with Gasteiger partial charge in [-0.25, -0.2) is 17.8 Å². The molecule has 1 heterocycles. The predicted octanol–water partition coefficient (Wildman–Crippen LogP) is 1.03. The summed E-state index contributed by atoms with van der Waals surface area (Å²) in [5, 5.41) is 8.88. The quantitative estimate of drug-likeness (QED) is 0.910. The Bertz CT molecular complexity index is 695. The molecule has 0 aliphatic heterocycles. The third-order valence-corrected chi connectivity index (χ3v) is 4.38. The topological polar surface area (TPSA) is 72.2 Å². The second-order valence-corrected chi connectivity index (χ2v) is 6.02. The minimum Gasteiger partial charge on any atom is -0.390 e. The summed E-state index contributed by atoms with van der Waals surface area (Å²) in [5.74, 6) is -0.816. The van der Waals surface area contributed by atoms with E-state index in [2.05, 4.69) is 4.98 Å². The smallest absolute Gasteiger partial charge is 0.227 e. The molecular weight excluding hydrogens is 271 g/mol. The number of nitrogens with zero attached hydrogens (tertiary/aromatic N) is 2. The van der Waals surface area contributed by atoms with Crippen LogP contribution in [0.2, 0.25) is 0 Å². The summed E-state index contributed by atoms with van der Waals surface area (Å²) in [5.41, 5.74) is 0.756. The fourth-order valence-electron chi connectivity index (χ4n) is 1.77. The van der Waals surface area contributed by atoms with E-state index < -0.39 is 15.7 Å². The molecule has 0 fully saturated rings. The summed E-state index contributed by atoms with van der Waals surface area (Å²) in [6.45, 7) is -0.293. The minimum atomic E-state index is -3.68. The third-order valence-electron chi connectivity index (χ3n) is 2.73. The second kappa shape index (κ2) is 5.10. The van der Waals surface area contributed by atoms with Crippen LogP contribution in [-0.4, -0.2) is 23.1 Å². The van der Waals surface area contributed by atoms with E-state index in [1.807, 2.05) is 0 Å². The average molecular weight is 284 g/mol. The monoisotopic (exact) mass is 284 g/mol. The van der Waals surface area contributed by atoms with Crippen molar-refractivity contribution in [2.24, 2.45) is 7.05 Å². The number of halogens is 1. The van der Waals surface area contributed by atoms with E-state index >= 15 is 0 Å². The van der Waals surface area contributed by atoms with Gasteiger partial charge in [-0.1, -0.05) is 12.1 Å². The molecule has 2 rings (SSSR count). The molecule has 19 heavy (non-hydrogen) atoms. The van der Waals surface area contributed by atoms with Gasteiger partial charge < -0.3 is 9.67 Å². The summed E-state index contributed by atoms with van der Waals surface area (Å²) >= 11 is 0. The van der Waals surface area contributed by atoms with E-state index in [4.69, 9.17) is 5.11 Å². The van der Waals surface area contributed by atoms with Crippen molar-refractivity contribution in [3.63, 3.8) is 0 Å². The maximum Gasteiger partial charge on any atom is 0.227 e. The second-order valence-electron chi connectivity index (χ2n) is 4.14. The van der Waals surface area contributed by atoms with Gasteiger partial charge in [-0.05, 0) is 17.7 Å². The lowest BCUT2D eigenvalue weighted by Crippen LogP contribution is -2.12. The van der Waals surface area contributed by atoms with Gasteiger partial charge in [0.2, 0.25) is 15.0 Å². The van der Waals surface area contributed by atoms with Crippen molar-refractivity contribution in [1.82, 2.24) is 9.55 Å². The predicted molar refractivity (Wildman–Crippen MR) is 66.4 cm³/mol. The zero-order valence-corrected chi connectivity index (χ0v) is 11.1. The molecule has 1 aromatic carbocycles. The Morgan fingerprint density at radius 2 is 2.16 bits per heavy atom. The molecule has 0 saturated heterocycles. The van der Waals surface area contributed by atoms with Gasteiger partial charge in [0, 0.05) is 7.05 Å². The summed E-state index contributed by atoms with van der Waals surface area (Å²) in [4.78, 5) is 3.80. The number of aliphatic hydroxyl groups excluding tert-OH is 1. The number of aliphatic hydroxyl groups is 1. The summed E-state index contributed by atoms with van der Waals surface area (Å²) < 4.78 is 38.7. The molecule has 102 valence electrons. The molecule has 2 aromatic rings. The van der Waals surface area contributed by atoms with E-state index in [-0.39, 0.29) is 17.5 Å². The van der Waals surface area contributed by atoms with Gasteiger partial charge in [0.25, 0.3) is 0 Å². The fourth-order valence-corrected chi connectivity index (χ4v) is 3.27. The Hall–Kier alpha value is -1.73. The van der Waals surface area contributed by atoms with E-state index in [9.17, 15) is 12.8 Å². The van der Waals surface area contributed by atoms with Crippen molar-refractivity contribution in [3.05, 3.63) is 47.5 Å². The van der Waals surface area contributed by atoms with Crippen molar-refractivity contribution in [2.75, 3.05) is 0 Å². The highest BCUT2D eigenvalue weighted by Crippen LogP contribution is 2.16. The number of hydrogen-bond donors (Lipinski definition) is 1. The Balaban J connectivity index is 2.35. The number of imidazole rings is 1. The number of aromatic nitrogens is 2. The Morgan fingerprint density at radius 1 is 1.42 bits per heavy atom. The van der Waals surface area contributed by atoms with Gasteiger partial charge in [-0.2, -0.15) is 0 Å². The minimum absolute atomic E-state index is 0.138. The zero-order chi connectivity index (χ0) is 14.0. The molecule has 0 amide bonds. The SMILES string of the molecule is Cn1c(CO)cnc1S(=O)(=O)Cc1cccc(F)c1. The summed E-state index contributed by atoms with van der Waals surface area (Å²) in [6.07, 6.45) is 1.30. The normalized spacial score (nSPS) is 11.7. The average Bonchev–Trinajstić information content (AvgIpc) is 2.70. The lowest BCUT2D eigenvalue weighted by Gasteiger charge is -2.06. The number of hydrogen-bond acceptors (Lipinski definition) is 4. The molecular formula is C12H13FN2O3S. The molecule has 0 aliphatic rings. The molecule has 1 N–H and O–H groups in total. The molecule has 0 spiro atoms. The number of benzene rings is 1. The van der Waals surface area contributed by atoms with Crippen LogP contribution < -0.4 is 0 Å². The molecule has 0 aliphatic carbocycles. The first kappa shape index (κ1) is 13.7. The van der Waals surface area contributed by atoms with E-state index in [1.54, 1.807) is 0 Å². The highest BCUT2D eigenvalue weighted by atomic mass is 32.2. The van der Waals surface area contributed by atoms with Crippen molar-refractivity contribution in [1.29, 1.82) is 0 Å². The number of sulfone groups is 1.